The summed E-state index contributed by atoms with van der Waals surface area (Å²) in [5.74, 6) is -3.18. The van der Waals surface area contributed by atoms with Crippen molar-refractivity contribution in [3.8, 4) is 80.5 Å². The van der Waals surface area contributed by atoms with E-state index in [0.29, 0.717) is 79.7 Å². The van der Waals surface area contributed by atoms with E-state index in [-0.39, 0.29) is 17.2 Å². The molecule has 0 saturated heterocycles. The Labute approximate surface area is 448 Å². The molecule has 0 spiro atoms. The summed E-state index contributed by atoms with van der Waals surface area (Å²) in [6, 6.07) is 35.7. The van der Waals surface area contributed by atoms with E-state index in [1.807, 2.05) is 72.4 Å². The highest BCUT2D eigenvalue weighted by Gasteiger charge is 2.53. The summed E-state index contributed by atoms with van der Waals surface area (Å²) in [4.78, 5) is 3.99. The summed E-state index contributed by atoms with van der Waals surface area (Å²) in [6.45, 7) is -1.39. The molecule has 20 heteroatoms. The van der Waals surface area contributed by atoms with E-state index in [0.717, 1.165) is 71.9 Å². The number of rotatable bonds is 6. The van der Waals surface area contributed by atoms with Crippen LogP contribution in [-0.4, -0.2) is 34.2 Å². The Morgan fingerprint density at radius 2 is 0.718 bits per heavy atom. The number of hydrogen-bond acceptors (Lipinski definition) is 11. The third-order valence-electron chi connectivity index (χ3n) is 15.1. The SMILES string of the molecule is CN1c2cc(Oc3c(F)cccc3F)cc3c2B(c2sc4c(c21)Oc1cc(Oc2c(F)cccc2F)cc2c1B4c1ccccc1O2)c1sc2c(c1N3C)Oc1cc(Oc3c(F)cccc3F)cc3c1B2c1ccccc1O3. The highest BCUT2D eigenvalue weighted by molar-refractivity contribution is 7.44. The summed E-state index contributed by atoms with van der Waals surface area (Å²) < 4.78 is 140. The van der Waals surface area contributed by atoms with Gasteiger partial charge in [0.15, 0.2) is 63.7 Å². The summed E-state index contributed by atoms with van der Waals surface area (Å²) in [7, 11) is 3.80. The number of thiophene rings is 2. The minimum Gasteiger partial charge on any atom is -0.458 e. The van der Waals surface area contributed by atoms with Crippen LogP contribution in [-0.2, 0) is 0 Å². The first-order chi connectivity index (χ1) is 37.9. The number of halogens is 6. The van der Waals surface area contributed by atoms with Crippen molar-refractivity contribution >= 4 is 112 Å². The fraction of sp³-hybridized carbons (Fsp3) is 0.0345. The van der Waals surface area contributed by atoms with Crippen LogP contribution in [0.25, 0.3) is 0 Å². The van der Waals surface area contributed by atoms with E-state index in [4.69, 9.17) is 33.2 Å². The van der Waals surface area contributed by atoms with Crippen molar-refractivity contribution in [1.82, 2.24) is 0 Å². The lowest BCUT2D eigenvalue weighted by atomic mass is 9.37. The fourth-order valence-corrected chi connectivity index (χ4v) is 14.9. The topological polar surface area (TPSA) is 71.1 Å². The Bertz CT molecular complexity index is 4050. The van der Waals surface area contributed by atoms with Gasteiger partial charge in [-0.05, 0) is 64.9 Å². The summed E-state index contributed by atoms with van der Waals surface area (Å²) in [5, 5.41) is 0. The average Bonchev–Trinajstić information content (AvgIpc) is 4.20. The second-order valence-electron chi connectivity index (χ2n) is 19.4. The second kappa shape index (κ2) is 16.3. The molecule has 2 aromatic heterocycles. The molecule has 0 amide bonds. The van der Waals surface area contributed by atoms with Crippen molar-refractivity contribution < 1.29 is 59.5 Å². The van der Waals surface area contributed by atoms with Gasteiger partial charge in [-0.1, -0.05) is 54.6 Å². The van der Waals surface area contributed by atoms with E-state index in [2.05, 4.69) is 0 Å². The van der Waals surface area contributed by atoms with Crippen LogP contribution in [0.2, 0.25) is 0 Å². The molecule has 0 fully saturated rings. The van der Waals surface area contributed by atoms with Crippen LogP contribution in [0.3, 0.4) is 0 Å². The lowest BCUT2D eigenvalue weighted by molar-refractivity contribution is 0.399. The maximum atomic E-state index is 15.5. The first kappa shape index (κ1) is 45.3. The molecular formula is C58H29B3F6N2O7S2. The number of benzene rings is 8. The monoisotopic (exact) mass is 1080 g/mol. The quantitative estimate of drug-likeness (QED) is 0.120. The van der Waals surface area contributed by atoms with Crippen LogP contribution in [0.1, 0.15) is 0 Å². The minimum absolute atomic E-state index is 0.0741. The maximum Gasteiger partial charge on any atom is 0.277 e. The molecule has 0 N–H and O–H groups in total. The van der Waals surface area contributed by atoms with Crippen molar-refractivity contribution in [3.05, 3.63) is 174 Å². The van der Waals surface area contributed by atoms with E-state index in [1.165, 1.54) is 18.2 Å². The molecule has 6 aliphatic heterocycles. The third kappa shape index (κ3) is 6.34. The van der Waals surface area contributed by atoms with E-state index in [1.54, 1.807) is 59.1 Å². The van der Waals surface area contributed by atoms with E-state index in [9.17, 15) is 0 Å². The molecule has 0 saturated carbocycles. The normalized spacial score (nSPS) is 13.9. The Kier molecular flexibility index (Phi) is 9.49. The van der Waals surface area contributed by atoms with Crippen LogP contribution in [0, 0.1) is 34.9 Å². The van der Waals surface area contributed by atoms with Crippen molar-refractivity contribution in [3.63, 3.8) is 0 Å². The number of nitrogens with zero attached hydrogens (tertiary/aromatic N) is 2. The van der Waals surface area contributed by atoms with Crippen LogP contribution in [0.15, 0.2) is 140 Å². The fourth-order valence-electron chi connectivity index (χ4n) is 11.8. The van der Waals surface area contributed by atoms with Gasteiger partial charge in [-0.25, -0.2) is 26.3 Å². The summed E-state index contributed by atoms with van der Waals surface area (Å²) in [5.41, 5.74) is 6.70. The molecule has 8 heterocycles. The van der Waals surface area contributed by atoms with Gasteiger partial charge >= 0.3 is 0 Å². The molecule has 376 valence electrons. The number of anilines is 4. The molecule has 16 rings (SSSR count). The van der Waals surface area contributed by atoms with E-state index < -0.39 is 72.3 Å². The molecule has 0 unspecified atom stereocenters. The number of para-hydroxylation sites is 5. The lowest BCUT2D eigenvalue weighted by Crippen LogP contribution is -2.60. The molecule has 8 aromatic carbocycles. The van der Waals surface area contributed by atoms with Gasteiger partial charge < -0.3 is 43.0 Å². The van der Waals surface area contributed by atoms with Gasteiger partial charge in [0, 0.05) is 91.9 Å². The summed E-state index contributed by atoms with van der Waals surface area (Å²) >= 11 is 3.17. The zero-order valence-electron chi connectivity index (χ0n) is 40.3. The van der Waals surface area contributed by atoms with Gasteiger partial charge in [-0.3, -0.25) is 0 Å². The third-order valence-corrected chi connectivity index (χ3v) is 17.7. The highest BCUT2D eigenvalue weighted by atomic mass is 32.1. The predicted molar refractivity (Wildman–Crippen MR) is 291 cm³/mol. The smallest absolute Gasteiger partial charge is 0.277 e. The van der Waals surface area contributed by atoms with Crippen LogP contribution in [0.5, 0.6) is 80.5 Å². The van der Waals surface area contributed by atoms with Crippen molar-refractivity contribution in [2.45, 2.75) is 0 Å². The zero-order chi connectivity index (χ0) is 52.6. The number of fused-ring (bicyclic) bond motifs is 14. The van der Waals surface area contributed by atoms with Crippen LogP contribution >= 0.6 is 22.7 Å². The highest BCUT2D eigenvalue weighted by Crippen LogP contribution is 2.51. The van der Waals surface area contributed by atoms with Gasteiger partial charge in [-0.2, -0.15) is 22.7 Å². The van der Waals surface area contributed by atoms with Gasteiger partial charge in [0.1, 0.15) is 51.7 Å². The molecule has 0 bridgehead atoms. The number of ether oxygens (including phenoxy) is 7. The first-order valence-electron chi connectivity index (χ1n) is 24.5. The Morgan fingerprint density at radius 1 is 0.372 bits per heavy atom. The first-order valence-corrected chi connectivity index (χ1v) is 26.2. The molecule has 0 radical (unpaired) electrons. The van der Waals surface area contributed by atoms with Crippen molar-refractivity contribution in [1.29, 1.82) is 0 Å². The molecule has 78 heavy (non-hydrogen) atoms. The van der Waals surface area contributed by atoms with Crippen LogP contribution < -0.4 is 89.4 Å². The standard InChI is InChI=1S/C58H29B3F6N2O7S2/c1-68-37-20-26(70-50-31(62)12-7-13-32(50)63)21-38-45(37)61(55-48(68)53-57(77-55)59-29-10-3-5-18-39(29)73-41-22-27(24-43(75-53)46(41)59)71-51-33(64)14-8-15-34(51)65)56-49(69(38)2)54-58(78-56)60-30-11-4-6-19-40(30)74-42-23-28(25-44(76-54)47(42)60)72-52-35(66)16-9-17-36(52)67/h3-25H,1-2H3. The maximum absolute atomic E-state index is 15.5. The lowest BCUT2D eigenvalue weighted by Gasteiger charge is -2.40. The summed E-state index contributed by atoms with van der Waals surface area (Å²) in [6.07, 6.45) is 0. The predicted octanol–water partition coefficient (Wildman–Crippen LogP) is 10.2. The largest absolute Gasteiger partial charge is 0.458 e. The minimum atomic E-state index is -0.891. The molecule has 0 atom stereocenters. The molecule has 9 nitrogen and oxygen atoms in total. The van der Waals surface area contributed by atoms with Gasteiger partial charge in [0.25, 0.3) is 20.1 Å². The van der Waals surface area contributed by atoms with Crippen molar-refractivity contribution in [2.24, 2.45) is 0 Å². The molecule has 10 aromatic rings. The Balaban J connectivity index is 0.917. The van der Waals surface area contributed by atoms with Gasteiger partial charge in [0.05, 0.1) is 11.4 Å². The Morgan fingerprint density at radius 3 is 1.10 bits per heavy atom. The van der Waals surface area contributed by atoms with Gasteiger partial charge in [-0.15, -0.1) is 0 Å². The molecule has 0 aliphatic carbocycles. The van der Waals surface area contributed by atoms with Crippen LogP contribution in [0.4, 0.5) is 49.1 Å². The Hall–Kier alpha value is -8.87. The molecular weight excluding hydrogens is 1050 g/mol. The molecule has 6 aliphatic rings. The van der Waals surface area contributed by atoms with Crippen molar-refractivity contribution in [2.75, 3.05) is 23.9 Å². The zero-order valence-corrected chi connectivity index (χ0v) is 42.0. The van der Waals surface area contributed by atoms with Gasteiger partial charge in [0.2, 0.25) is 0 Å². The average molecular weight is 1080 g/mol. The number of hydrogen-bond donors (Lipinski definition) is 0. The van der Waals surface area contributed by atoms with E-state index >= 15 is 26.3 Å². The second-order valence-corrected chi connectivity index (χ2v) is 21.6.